The van der Waals surface area contributed by atoms with Crippen LogP contribution in [0.3, 0.4) is 0 Å². The second-order valence-corrected chi connectivity index (χ2v) is 8.07. The van der Waals surface area contributed by atoms with Crippen molar-refractivity contribution in [1.82, 2.24) is 19.1 Å². The van der Waals surface area contributed by atoms with Crippen LogP contribution in [-0.4, -0.2) is 32.1 Å². The number of nitrogens with zero attached hydrogens (tertiary/aromatic N) is 3. The summed E-state index contributed by atoms with van der Waals surface area (Å²) in [5, 5.41) is 2.87. The summed E-state index contributed by atoms with van der Waals surface area (Å²) in [6.07, 6.45) is 5.20. The van der Waals surface area contributed by atoms with Gasteiger partial charge in [0, 0.05) is 25.9 Å². The first-order chi connectivity index (χ1) is 16.0. The number of carbonyl (C=O) groups excluding carboxylic acids is 1. The quantitative estimate of drug-likeness (QED) is 0.406. The fourth-order valence-electron chi connectivity index (χ4n) is 3.88. The molecule has 9 nitrogen and oxygen atoms in total. The van der Waals surface area contributed by atoms with Gasteiger partial charge in [0.25, 0.3) is 5.56 Å². The summed E-state index contributed by atoms with van der Waals surface area (Å²) in [5.41, 5.74) is 0.526. The molecular formula is C24H33N5O4. The number of aromatic nitrogens is 4. The number of carbonyl (C=O) groups is 1. The van der Waals surface area contributed by atoms with Crippen molar-refractivity contribution in [3.63, 3.8) is 0 Å². The number of imidazole rings is 1. The van der Waals surface area contributed by atoms with E-state index < -0.39 is 11.2 Å². The number of anilines is 1. The number of aromatic amines is 1. The summed E-state index contributed by atoms with van der Waals surface area (Å²) < 4.78 is 8.70. The van der Waals surface area contributed by atoms with Crippen LogP contribution in [0.5, 0.6) is 5.75 Å². The van der Waals surface area contributed by atoms with Gasteiger partial charge in [-0.25, -0.2) is 9.78 Å². The summed E-state index contributed by atoms with van der Waals surface area (Å²) in [4.78, 5) is 44.9. The zero-order valence-electron chi connectivity index (χ0n) is 19.6. The van der Waals surface area contributed by atoms with Gasteiger partial charge in [-0.1, -0.05) is 45.2 Å². The number of hydrogen-bond donors (Lipinski definition) is 2. The molecule has 1 amide bonds. The van der Waals surface area contributed by atoms with Crippen LogP contribution in [0.2, 0.25) is 0 Å². The van der Waals surface area contributed by atoms with Crippen LogP contribution in [0.4, 0.5) is 5.69 Å². The number of aryl methyl sites for hydroxylation is 3. The minimum Gasteiger partial charge on any atom is -0.495 e. The molecule has 2 N–H and O–H groups in total. The molecule has 0 aliphatic carbocycles. The van der Waals surface area contributed by atoms with Gasteiger partial charge in [0.1, 0.15) is 11.6 Å². The molecule has 0 unspecified atom stereocenters. The predicted octanol–water partition coefficient (Wildman–Crippen LogP) is 3.46. The number of ether oxygens (including phenoxy) is 1. The Morgan fingerprint density at radius 2 is 1.79 bits per heavy atom. The standard InChI is InChI=1S/C24H33N5O4/c1-4-6-10-16-28-19(13-14-20(30)25-17-11-8-9-12-18(17)33-3)26-22-21(28)23(31)27-24(32)29(22)15-7-5-2/h8-9,11-12H,4-7,10,13-16H2,1-3H3,(H,25,30)(H,27,31,32). The van der Waals surface area contributed by atoms with E-state index >= 15 is 0 Å². The molecule has 2 heterocycles. The normalized spacial score (nSPS) is 11.1. The Morgan fingerprint density at radius 1 is 1.06 bits per heavy atom. The van der Waals surface area contributed by atoms with E-state index in [1.165, 1.54) is 4.57 Å². The number of nitrogens with one attached hydrogen (secondary N) is 2. The third-order valence-electron chi connectivity index (χ3n) is 5.64. The first-order valence-electron chi connectivity index (χ1n) is 11.6. The van der Waals surface area contributed by atoms with E-state index in [9.17, 15) is 14.4 Å². The molecule has 2 aromatic heterocycles. The molecule has 3 rings (SSSR count). The number of amides is 1. The van der Waals surface area contributed by atoms with Gasteiger partial charge >= 0.3 is 5.69 Å². The summed E-state index contributed by atoms with van der Waals surface area (Å²) in [5.74, 6) is 1.05. The topological polar surface area (TPSA) is 111 Å². The number of hydrogen-bond acceptors (Lipinski definition) is 5. The number of rotatable bonds is 12. The van der Waals surface area contributed by atoms with E-state index in [1.807, 2.05) is 23.6 Å². The molecule has 178 valence electrons. The predicted molar refractivity (Wildman–Crippen MR) is 129 cm³/mol. The Hall–Kier alpha value is -3.36. The Bertz CT molecular complexity index is 1210. The second-order valence-electron chi connectivity index (χ2n) is 8.07. The first-order valence-corrected chi connectivity index (χ1v) is 11.6. The maximum atomic E-state index is 12.7. The Kier molecular flexibility index (Phi) is 8.46. The van der Waals surface area contributed by atoms with Crippen LogP contribution in [0.25, 0.3) is 11.2 Å². The Morgan fingerprint density at radius 3 is 2.52 bits per heavy atom. The van der Waals surface area contributed by atoms with Gasteiger partial charge in [-0.05, 0) is 25.0 Å². The van der Waals surface area contributed by atoms with Crippen LogP contribution in [0.15, 0.2) is 33.9 Å². The zero-order chi connectivity index (χ0) is 23.8. The van der Waals surface area contributed by atoms with E-state index in [4.69, 9.17) is 4.74 Å². The highest BCUT2D eigenvalue weighted by atomic mass is 16.5. The lowest BCUT2D eigenvalue weighted by Crippen LogP contribution is -2.31. The Balaban J connectivity index is 1.90. The van der Waals surface area contributed by atoms with E-state index in [0.717, 1.165) is 32.1 Å². The molecule has 0 aliphatic heterocycles. The number of H-pyrrole nitrogens is 1. The number of fused-ring (bicyclic) bond motifs is 1. The summed E-state index contributed by atoms with van der Waals surface area (Å²) in [6.45, 7) is 5.26. The van der Waals surface area contributed by atoms with Gasteiger partial charge in [0.15, 0.2) is 11.2 Å². The Labute approximate surface area is 192 Å². The second kappa shape index (κ2) is 11.5. The minimum atomic E-state index is -0.445. The van der Waals surface area contributed by atoms with E-state index in [-0.39, 0.29) is 12.3 Å². The van der Waals surface area contributed by atoms with Crippen molar-refractivity contribution >= 4 is 22.8 Å². The highest BCUT2D eigenvalue weighted by Gasteiger charge is 2.19. The molecule has 33 heavy (non-hydrogen) atoms. The van der Waals surface area contributed by atoms with Crippen molar-refractivity contribution in [3.8, 4) is 5.75 Å². The van der Waals surface area contributed by atoms with Crippen LogP contribution in [0, 0.1) is 0 Å². The maximum Gasteiger partial charge on any atom is 0.330 e. The molecule has 0 atom stereocenters. The van der Waals surface area contributed by atoms with E-state index in [0.29, 0.717) is 47.9 Å². The van der Waals surface area contributed by atoms with Crippen LogP contribution < -0.4 is 21.3 Å². The SMILES string of the molecule is CCCCCn1c(CCC(=O)Nc2ccccc2OC)nc2c1c(=O)[nH]c(=O)n2CCCC. The first kappa shape index (κ1) is 24.3. The summed E-state index contributed by atoms with van der Waals surface area (Å²) in [6, 6.07) is 7.23. The van der Waals surface area contributed by atoms with Crippen molar-refractivity contribution in [2.75, 3.05) is 12.4 Å². The fraction of sp³-hybridized carbons (Fsp3) is 0.500. The van der Waals surface area contributed by atoms with Gasteiger partial charge in [-0.15, -0.1) is 0 Å². The third kappa shape index (κ3) is 5.71. The summed E-state index contributed by atoms with van der Waals surface area (Å²) in [7, 11) is 1.55. The molecular weight excluding hydrogens is 422 g/mol. The lowest BCUT2D eigenvalue weighted by Gasteiger charge is -2.11. The number of para-hydroxylation sites is 2. The van der Waals surface area contributed by atoms with Gasteiger partial charge in [-0.2, -0.15) is 0 Å². The molecule has 9 heteroatoms. The van der Waals surface area contributed by atoms with E-state index in [1.54, 1.807) is 19.2 Å². The lowest BCUT2D eigenvalue weighted by molar-refractivity contribution is -0.116. The van der Waals surface area contributed by atoms with Crippen molar-refractivity contribution in [1.29, 1.82) is 0 Å². The highest BCUT2D eigenvalue weighted by Crippen LogP contribution is 2.23. The molecule has 3 aromatic rings. The highest BCUT2D eigenvalue weighted by molar-refractivity contribution is 5.92. The zero-order valence-corrected chi connectivity index (χ0v) is 19.6. The van der Waals surface area contributed by atoms with Gasteiger partial charge < -0.3 is 14.6 Å². The molecule has 0 fully saturated rings. The minimum absolute atomic E-state index is 0.177. The van der Waals surface area contributed by atoms with Crippen molar-refractivity contribution in [2.45, 2.75) is 71.9 Å². The molecule has 0 radical (unpaired) electrons. The van der Waals surface area contributed by atoms with E-state index in [2.05, 4.69) is 22.2 Å². The monoisotopic (exact) mass is 455 g/mol. The van der Waals surface area contributed by atoms with Crippen LogP contribution >= 0.6 is 0 Å². The van der Waals surface area contributed by atoms with Crippen LogP contribution in [-0.2, 0) is 24.3 Å². The smallest absolute Gasteiger partial charge is 0.330 e. The molecule has 0 bridgehead atoms. The van der Waals surface area contributed by atoms with Gasteiger partial charge in [0.2, 0.25) is 5.91 Å². The molecule has 1 aromatic carbocycles. The fourth-order valence-corrected chi connectivity index (χ4v) is 3.88. The molecule has 0 saturated heterocycles. The van der Waals surface area contributed by atoms with Crippen molar-refractivity contribution in [2.24, 2.45) is 0 Å². The number of benzene rings is 1. The van der Waals surface area contributed by atoms with Crippen molar-refractivity contribution in [3.05, 3.63) is 50.9 Å². The van der Waals surface area contributed by atoms with Crippen LogP contribution in [0.1, 0.15) is 58.2 Å². The van der Waals surface area contributed by atoms with Crippen molar-refractivity contribution < 1.29 is 9.53 Å². The molecule has 0 aliphatic rings. The largest absolute Gasteiger partial charge is 0.495 e. The molecule has 0 saturated carbocycles. The third-order valence-corrected chi connectivity index (χ3v) is 5.64. The maximum absolute atomic E-state index is 12.7. The average Bonchev–Trinajstić information content (AvgIpc) is 3.17. The molecule has 0 spiro atoms. The number of unbranched alkanes of at least 4 members (excludes halogenated alkanes) is 3. The average molecular weight is 456 g/mol. The number of methoxy groups -OCH3 is 1. The lowest BCUT2D eigenvalue weighted by atomic mass is 10.2. The summed E-state index contributed by atoms with van der Waals surface area (Å²) >= 11 is 0. The van der Waals surface area contributed by atoms with Gasteiger partial charge in [0.05, 0.1) is 12.8 Å². The van der Waals surface area contributed by atoms with Gasteiger partial charge in [-0.3, -0.25) is 19.1 Å².